The number of oxime groups is 1. The Labute approximate surface area is 207 Å². The highest BCUT2D eigenvalue weighted by Crippen LogP contribution is 2.40. The highest BCUT2D eigenvalue weighted by atomic mass is 32.2. The van der Waals surface area contributed by atoms with Crippen LogP contribution in [0.3, 0.4) is 0 Å². The van der Waals surface area contributed by atoms with E-state index in [4.69, 9.17) is 19.9 Å². The number of hydrogen-bond acceptors (Lipinski definition) is 14. The Kier molecular flexibility index (Phi) is 8.89. The van der Waals surface area contributed by atoms with Gasteiger partial charge in [0.05, 0.1) is 13.2 Å². The molecular formula is C19H23N5O9S2. The van der Waals surface area contributed by atoms with E-state index in [0.717, 1.165) is 11.3 Å². The summed E-state index contributed by atoms with van der Waals surface area (Å²) in [5.41, 5.74) is 5.63. The zero-order chi connectivity index (χ0) is 25.5. The van der Waals surface area contributed by atoms with Crippen LogP contribution in [0.15, 0.2) is 21.8 Å². The van der Waals surface area contributed by atoms with Gasteiger partial charge in [-0.05, 0) is 12.0 Å². The summed E-state index contributed by atoms with van der Waals surface area (Å²) in [6.07, 6.45) is -0.395. The van der Waals surface area contributed by atoms with Crippen LogP contribution in [-0.2, 0) is 33.3 Å². The number of nitrogens with two attached hydrogens (primary N) is 1. The first-order valence-electron chi connectivity index (χ1n) is 10.2. The molecule has 2 atom stereocenters. The Bertz CT molecular complexity index is 1060. The molecule has 1 unspecified atom stereocenters. The van der Waals surface area contributed by atoms with E-state index in [1.54, 1.807) is 6.92 Å². The second-order valence-electron chi connectivity index (χ2n) is 7.06. The molecule has 0 aromatic carbocycles. The molecule has 4 N–H and O–H groups in total. The lowest BCUT2D eigenvalue weighted by molar-refractivity contribution is -0.157. The van der Waals surface area contributed by atoms with Gasteiger partial charge in [0.15, 0.2) is 10.8 Å². The molecule has 190 valence electrons. The summed E-state index contributed by atoms with van der Waals surface area (Å²) in [6.45, 7) is 1.30. The van der Waals surface area contributed by atoms with Crippen LogP contribution >= 0.6 is 23.1 Å². The number of amides is 2. The van der Waals surface area contributed by atoms with Gasteiger partial charge in [0.25, 0.3) is 11.8 Å². The number of fused-ring (bicyclic) bond motifs is 1. The molecule has 1 aromatic rings. The van der Waals surface area contributed by atoms with Gasteiger partial charge >= 0.3 is 12.1 Å². The molecule has 0 radical (unpaired) electrons. The van der Waals surface area contributed by atoms with E-state index in [2.05, 4.69) is 20.2 Å². The summed E-state index contributed by atoms with van der Waals surface area (Å²) in [5, 5.41) is 15.7. The lowest BCUT2D eigenvalue weighted by Gasteiger charge is -2.49. The molecule has 1 saturated heterocycles. The molecule has 2 amide bonds. The molecule has 16 heteroatoms. The van der Waals surface area contributed by atoms with Crippen molar-refractivity contribution in [2.75, 3.05) is 38.6 Å². The number of ether oxygens (including phenoxy) is 4. The fourth-order valence-electron chi connectivity index (χ4n) is 3.20. The smallest absolute Gasteiger partial charge is 0.434 e. The molecule has 1 aromatic heterocycles. The van der Waals surface area contributed by atoms with Gasteiger partial charge in [-0.25, -0.2) is 14.6 Å². The fraction of sp³-hybridized carbons (Fsp3) is 0.474. The van der Waals surface area contributed by atoms with Gasteiger partial charge in [0.2, 0.25) is 6.79 Å². The van der Waals surface area contributed by atoms with E-state index in [9.17, 15) is 24.4 Å². The molecule has 0 aliphatic carbocycles. The maximum absolute atomic E-state index is 12.9. The van der Waals surface area contributed by atoms with Gasteiger partial charge in [-0.1, -0.05) is 12.1 Å². The van der Waals surface area contributed by atoms with Gasteiger partial charge in [-0.2, -0.15) is 0 Å². The number of β-lactam (4-membered cyclic amide) rings is 1. The standard InChI is InChI=1S/C19H23N5O9S2/c1-3-4-31-19(28)33-8-32-17(27)13-9(5-30-2)6-34-16-12(15(26)24(13)16)22-14(25)11(23-29)10-7-35-18(20)21-10/h7,12,16,29H,3-6,8H2,1-2H3,(H2,20,21)(H,22,25)/t12?,16-/m1/s1. The first-order valence-corrected chi connectivity index (χ1v) is 12.1. The van der Waals surface area contributed by atoms with Crippen molar-refractivity contribution in [3.05, 3.63) is 22.3 Å². The molecule has 35 heavy (non-hydrogen) atoms. The minimum absolute atomic E-state index is 0.0523. The third-order valence-corrected chi connectivity index (χ3v) is 6.73. The highest BCUT2D eigenvalue weighted by molar-refractivity contribution is 8.00. The Morgan fingerprint density at radius 2 is 2.11 bits per heavy atom. The van der Waals surface area contributed by atoms with Crippen molar-refractivity contribution in [3.63, 3.8) is 0 Å². The lowest BCUT2D eigenvalue weighted by Crippen LogP contribution is -2.71. The van der Waals surface area contributed by atoms with Crippen LogP contribution in [0.1, 0.15) is 19.0 Å². The predicted molar refractivity (Wildman–Crippen MR) is 122 cm³/mol. The zero-order valence-electron chi connectivity index (χ0n) is 18.7. The fourth-order valence-corrected chi connectivity index (χ4v) is 5.08. The van der Waals surface area contributed by atoms with Crippen molar-refractivity contribution in [2.24, 2.45) is 5.16 Å². The number of nitrogen functional groups attached to an aromatic ring is 1. The lowest BCUT2D eigenvalue weighted by atomic mass is 10.0. The summed E-state index contributed by atoms with van der Waals surface area (Å²) in [6, 6.07) is -1.01. The number of aromatic nitrogens is 1. The predicted octanol–water partition coefficient (Wildman–Crippen LogP) is 0.268. The number of nitrogens with one attached hydrogen (secondary N) is 1. The quantitative estimate of drug-likeness (QED) is 0.0937. The number of anilines is 1. The van der Waals surface area contributed by atoms with Crippen LogP contribution in [0.4, 0.5) is 9.93 Å². The van der Waals surface area contributed by atoms with Crippen molar-refractivity contribution in [1.29, 1.82) is 0 Å². The highest BCUT2D eigenvalue weighted by Gasteiger charge is 2.54. The molecule has 14 nitrogen and oxygen atoms in total. The number of carbonyl (C=O) groups is 4. The molecule has 1 fully saturated rings. The van der Waals surface area contributed by atoms with E-state index in [-0.39, 0.29) is 29.7 Å². The number of thioether (sulfide) groups is 1. The third kappa shape index (κ3) is 5.83. The second kappa shape index (κ2) is 11.9. The number of thiazole rings is 1. The van der Waals surface area contributed by atoms with Crippen molar-refractivity contribution < 1.29 is 43.3 Å². The molecular weight excluding hydrogens is 506 g/mol. The van der Waals surface area contributed by atoms with Crippen LogP contribution < -0.4 is 11.1 Å². The van der Waals surface area contributed by atoms with Gasteiger partial charge in [-0.15, -0.1) is 23.1 Å². The maximum Gasteiger partial charge on any atom is 0.511 e. The molecule has 0 saturated carbocycles. The van der Waals surface area contributed by atoms with Crippen LogP contribution in [0.5, 0.6) is 0 Å². The van der Waals surface area contributed by atoms with Crippen LogP contribution in [-0.4, -0.2) is 89.0 Å². The van der Waals surface area contributed by atoms with Gasteiger partial charge < -0.3 is 35.2 Å². The molecule has 0 spiro atoms. The van der Waals surface area contributed by atoms with Crippen LogP contribution in [0, 0.1) is 0 Å². The minimum atomic E-state index is -1.01. The normalized spacial score (nSPS) is 19.5. The average Bonchev–Trinajstić information content (AvgIpc) is 3.27. The summed E-state index contributed by atoms with van der Waals surface area (Å²) in [4.78, 5) is 54.8. The van der Waals surface area contributed by atoms with Gasteiger partial charge in [0, 0.05) is 18.2 Å². The van der Waals surface area contributed by atoms with Gasteiger partial charge in [0.1, 0.15) is 22.8 Å². The summed E-state index contributed by atoms with van der Waals surface area (Å²) in [5.74, 6) is -2.03. The Balaban J connectivity index is 1.68. The van der Waals surface area contributed by atoms with E-state index < -0.39 is 47.9 Å². The van der Waals surface area contributed by atoms with Gasteiger partial charge in [-0.3, -0.25) is 14.5 Å². The largest absolute Gasteiger partial charge is 0.511 e. The summed E-state index contributed by atoms with van der Waals surface area (Å²) >= 11 is 2.35. The van der Waals surface area contributed by atoms with E-state index in [1.165, 1.54) is 29.2 Å². The minimum Gasteiger partial charge on any atom is -0.434 e. The first kappa shape index (κ1) is 26.2. The average molecular weight is 530 g/mol. The zero-order valence-corrected chi connectivity index (χ0v) is 20.3. The first-order chi connectivity index (χ1) is 16.8. The number of esters is 1. The summed E-state index contributed by atoms with van der Waals surface area (Å²) in [7, 11) is 1.43. The van der Waals surface area contributed by atoms with E-state index in [0.29, 0.717) is 17.7 Å². The molecule has 3 rings (SSSR count). The number of hydrogen-bond donors (Lipinski definition) is 3. The van der Waals surface area contributed by atoms with Crippen LogP contribution in [0.2, 0.25) is 0 Å². The molecule has 3 heterocycles. The molecule has 2 aliphatic heterocycles. The van der Waals surface area contributed by atoms with Crippen molar-refractivity contribution in [3.8, 4) is 0 Å². The number of rotatable bonds is 10. The Hall–Kier alpha value is -3.37. The molecule has 2 aliphatic rings. The van der Waals surface area contributed by atoms with E-state index in [1.807, 2.05) is 0 Å². The van der Waals surface area contributed by atoms with E-state index >= 15 is 0 Å². The number of methoxy groups -OCH3 is 1. The summed E-state index contributed by atoms with van der Waals surface area (Å²) < 4.78 is 19.5. The topological polar surface area (TPSA) is 192 Å². The molecule has 0 bridgehead atoms. The number of nitrogens with zero attached hydrogens (tertiary/aromatic N) is 3. The monoisotopic (exact) mass is 529 g/mol. The second-order valence-corrected chi connectivity index (χ2v) is 9.05. The van der Waals surface area contributed by atoms with Crippen LogP contribution in [0.25, 0.3) is 0 Å². The number of carbonyl (C=O) groups excluding carboxylic acids is 4. The van der Waals surface area contributed by atoms with Crippen molar-refractivity contribution in [2.45, 2.75) is 24.8 Å². The van der Waals surface area contributed by atoms with Crippen molar-refractivity contribution >= 4 is 57.9 Å². The maximum atomic E-state index is 12.9. The van der Waals surface area contributed by atoms with Crippen molar-refractivity contribution in [1.82, 2.24) is 15.2 Å². The third-order valence-electron chi connectivity index (χ3n) is 4.72. The Morgan fingerprint density at radius 3 is 2.74 bits per heavy atom. The SMILES string of the molecule is CCCOC(=O)OCOC(=O)C1=C(COC)CS[C@@H]2C(NC(=O)C(=NO)c3csc(N)n3)C(=O)N12. The Morgan fingerprint density at radius 1 is 1.34 bits per heavy atom.